The molecule has 0 radical (unpaired) electrons. The molecule has 2 aliphatic rings. The fourth-order valence-electron chi connectivity index (χ4n) is 4.90. The highest BCUT2D eigenvalue weighted by Gasteiger charge is 2.64. The van der Waals surface area contributed by atoms with E-state index in [1.807, 2.05) is 105 Å². The van der Waals surface area contributed by atoms with E-state index in [0.717, 1.165) is 16.7 Å². The maximum atomic E-state index is 13.6. The fraction of sp³-hybridized carbons (Fsp3) is 0.276. The van der Waals surface area contributed by atoms with E-state index in [1.165, 1.54) is 11.8 Å². The molecule has 2 heterocycles. The summed E-state index contributed by atoms with van der Waals surface area (Å²) < 4.78 is 5.53. The standard InChI is InChI=1S/C29H28N2O4S/c1-29(2)25(28(34)35-24(20-14-8-4-9-15-20)21-16-10-5-11-17-21)31-26(33)23(27(31)36-29)30-22(32)18-19-12-6-3-7-13-19/h3-17,23-25,27H,18H2,1-2H3,(H,30,32)/t23-,25-,27-/m1/s1. The first-order valence-electron chi connectivity index (χ1n) is 12.0. The summed E-state index contributed by atoms with van der Waals surface area (Å²) >= 11 is 1.52. The van der Waals surface area contributed by atoms with E-state index >= 15 is 0 Å². The molecule has 2 amide bonds. The topological polar surface area (TPSA) is 75.7 Å². The third kappa shape index (κ3) is 4.63. The van der Waals surface area contributed by atoms with E-state index < -0.39 is 28.9 Å². The lowest BCUT2D eigenvalue weighted by molar-refractivity contribution is -0.166. The molecule has 2 saturated heterocycles. The Kier molecular flexibility index (Phi) is 6.58. The van der Waals surface area contributed by atoms with Crippen molar-refractivity contribution in [1.29, 1.82) is 0 Å². The number of carbonyl (C=O) groups is 3. The zero-order chi connectivity index (χ0) is 25.3. The number of rotatable bonds is 7. The van der Waals surface area contributed by atoms with Gasteiger partial charge in [-0.2, -0.15) is 0 Å². The Morgan fingerprint density at radius 3 is 2.00 bits per heavy atom. The number of fused-ring (bicyclic) bond motifs is 1. The quantitative estimate of drug-likeness (QED) is 0.390. The monoisotopic (exact) mass is 500 g/mol. The van der Waals surface area contributed by atoms with Crippen LogP contribution in [-0.2, 0) is 25.5 Å². The first-order valence-corrected chi connectivity index (χ1v) is 12.9. The molecule has 0 bridgehead atoms. The van der Waals surface area contributed by atoms with E-state index in [-0.39, 0.29) is 23.6 Å². The molecule has 2 aliphatic heterocycles. The Balaban J connectivity index is 1.32. The largest absolute Gasteiger partial charge is 0.451 e. The highest BCUT2D eigenvalue weighted by Crippen LogP contribution is 2.51. The van der Waals surface area contributed by atoms with Crippen LogP contribution in [0.3, 0.4) is 0 Å². The van der Waals surface area contributed by atoms with Crippen LogP contribution in [-0.4, -0.2) is 44.9 Å². The van der Waals surface area contributed by atoms with E-state index in [9.17, 15) is 14.4 Å². The van der Waals surface area contributed by atoms with Gasteiger partial charge in [0.2, 0.25) is 11.8 Å². The molecule has 0 saturated carbocycles. The van der Waals surface area contributed by atoms with Crippen LogP contribution in [0, 0.1) is 0 Å². The third-order valence-corrected chi connectivity index (χ3v) is 8.20. The SMILES string of the molecule is CC1(C)S[C@@H]2[C@H](NC(=O)Cc3ccccc3)C(=O)N2[C@@H]1C(=O)OC(c1ccccc1)c1ccccc1. The van der Waals surface area contributed by atoms with E-state index in [1.54, 1.807) is 4.90 Å². The minimum atomic E-state index is -0.753. The minimum absolute atomic E-state index is 0.201. The highest BCUT2D eigenvalue weighted by atomic mass is 32.2. The summed E-state index contributed by atoms with van der Waals surface area (Å²) in [5, 5.41) is 2.56. The van der Waals surface area contributed by atoms with Crippen molar-refractivity contribution in [2.75, 3.05) is 0 Å². The maximum Gasteiger partial charge on any atom is 0.331 e. The van der Waals surface area contributed by atoms with Gasteiger partial charge in [-0.3, -0.25) is 9.59 Å². The van der Waals surface area contributed by atoms with Crippen LogP contribution in [0.1, 0.15) is 36.6 Å². The van der Waals surface area contributed by atoms with Gasteiger partial charge in [-0.15, -0.1) is 11.8 Å². The van der Waals surface area contributed by atoms with Crippen LogP contribution in [0.5, 0.6) is 0 Å². The lowest BCUT2D eigenvalue weighted by Crippen LogP contribution is -2.70. The lowest BCUT2D eigenvalue weighted by atomic mass is 9.95. The number of carbonyl (C=O) groups excluding carboxylic acids is 3. The Bertz CT molecular complexity index is 1210. The molecule has 0 unspecified atom stereocenters. The van der Waals surface area contributed by atoms with E-state index in [4.69, 9.17) is 4.74 Å². The number of nitrogens with zero attached hydrogens (tertiary/aromatic N) is 1. The van der Waals surface area contributed by atoms with E-state index in [2.05, 4.69) is 5.32 Å². The van der Waals surface area contributed by atoms with Gasteiger partial charge >= 0.3 is 5.97 Å². The smallest absolute Gasteiger partial charge is 0.331 e. The molecule has 7 heteroatoms. The summed E-state index contributed by atoms with van der Waals surface area (Å²) in [6.07, 6.45) is -0.385. The van der Waals surface area contributed by atoms with Gasteiger partial charge in [0.25, 0.3) is 0 Å². The summed E-state index contributed by atoms with van der Waals surface area (Å²) in [4.78, 5) is 40.9. The minimum Gasteiger partial charge on any atom is -0.451 e. The first-order chi connectivity index (χ1) is 17.3. The molecule has 3 aromatic rings. The summed E-state index contributed by atoms with van der Waals surface area (Å²) in [5.41, 5.74) is 2.60. The predicted octanol–water partition coefficient (Wildman–Crippen LogP) is 4.11. The van der Waals surface area contributed by atoms with Crippen molar-refractivity contribution in [1.82, 2.24) is 10.2 Å². The van der Waals surface area contributed by atoms with Crippen molar-refractivity contribution < 1.29 is 19.1 Å². The lowest BCUT2D eigenvalue weighted by Gasteiger charge is -2.44. The van der Waals surface area contributed by atoms with Gasteiger partial charge in [-0.1, -0.05) is 91.0 Å². The molecule has 1 N–H and O–H groups in total. The van der Waals surface area contributed by atoms with Gasteiger partial charge in [0, 0.05) is 4.75 Å². The second kappa shape index (κ2) is 9.82. The van der Waals surface area contributed by atoms with Crippen molar-refractivity contribution in [3.63, 3.8) is 0 Å². The average molecular weight is 501 g/mol. The molecule has 3 aromatic carbocycles. The zero-order valence-corrected chi connectivity index (χ0v) is 21.0. The van der Waals surface area contributed by atoms with Crippen LogP contribution in [0.4, 0.5) is 0 Å². The average Bonchev–Trinajstić information content (AvgIpc) is 3.15. The second-order valence-electron chi connectivity index (χ2n) is 9.61. The maximum absolute atomic E-state index is 13.6. The predicted molar refractivity (Wildman–Crippen MR) is 139 cm³/mol. The number of nitrogens with one attached hydrogen (secondary N) is 1. The number of amides is 2. The Morgan fingerprint density at radius 2 is 1.44 bits per heavy atom. The van der Waals surface area contributed by atoms with Crippen molar-refractivity contribution in [3.8, 4) is 0 Å². The summed E-state index contributed by atoms with van der Waals surface area (Å²) in [6.45, 7) is 3.89. The van der Waals surface area contributed by atoms with Crippen LogP contribution in [0.25, 0.3) is 0 Å². The Labute approximate surface area is 215 Å². The summed E-state index contributed by atoms with van der Waals surface area (Å²) in [6, 6.07) is 27.2. The Morgan fingerprint density at radius 1 is 0.917 bits per heavy atom. The fourth-order valence-corrected chi connectivity index (χ4v) is 6.52. The Hall–Kier alpha value is -3.58. The summed E-state index contributed by atoms with van der Waals surface area (Å²) in [7, 11) is 0. The molecule has 184 valence electrons. The van der Waals surface area contributed by atoms with Crippen molar-refractivity contribution >= 4 is 29.5 Å². The second-order valence-corrected chi connectivity index (χ2v) is 11.4. The van der Waals surface area contributed by atoms with Crippen molar-refractivity contribution in [2.45, 2.75) is 48.6 Å². The molecular weight excluding hydrogens is 472 g/mol. The molecule has 3 atom stereocenters. The van der Waals surface area contributed by atoms with Crippen LogP contribution in [0.2, 0.25) is 0 Å². The number of hydrogen-bond acceptors (Lipinski definition) is 5. The molecule has 0 aromatic heterocycles. The number of β-lactam (4-membered cyclic amide) rings is 1. The van der Waals surface area contributed by atoms with Crippen LogP contribution < -0.4 is 5.32 Å². The normalized spacial score (nSPS) is 22.0. The number of ether oxygens (including phenoxy) is 1. The number of thioether (sulfide) groups is 1. The number of hydrogen-bond donors (Lipinski definition) is 1. The van der Waals surface area contributed by atoms with Crippen LogP contribution >= 0.6 is 11.8 Å². The number of benzene rings is 3. The first kappa shape index (κ1) is 24.1. The molecule has 5 rings (SSSR count). The van der Waals surface area contributed by atoms with Crippen LogP contribution in [0.15, 0.2) is 91.0 Å². The molecule has 6 nitrogen and oxygen atoms in total. The van der Waals surface area contributed by atoms with Gasteiger partial charge in [-0.25, -0.2) is 4.79 Å². The van der Waals surface area contributed by atoms with Crippen molar-refractivity contribution in [2.24, 2.45) is 0 Å². The summed E-state index contributed by atoms with van der Waals surface area (Å²) in [5.74, 6) is -0.913. The zero-order valence-electron chi connectivity index (χ0n) is 20.2. The van der Waals surface area contributed by atoms with E-state index in [0.29, 0.717) is 0 Å². The molecule has 0 aliphatic carbocycles. The highest BCUT2D eigenvalue weighted by molar-refractivity contribution is 8.01. The van der Waals surface area contributed by atoms with Gasteiger partial charge < -0.3 is 15.0 Å². The van der Waals surface area contributed by atoms with Gasteiger partial charge in [0.05, 0.1) is 6.42 Å². The van der Waals surface area contributed by atoms with Gasteiger partial charge in [0.1, 0.15) is 17.5 Å². The molecule has 0 spiro atoms. The van der Waals surface area contributed by atoms with Gasteiger partial charge in [0.15, 0.2) is 6.10 Å². The molecular formula is C29H28N2O4S. The number of esters is 1. The van der Waals surface area contributed by atoms with Crippen molar-refractivity contribution in [3.05, 3.63) is 108 Å². The molecule has 36 heavy (non-hydrogen) atoms. The molecule has 2 fully saturated rings. The third-order valence-electron chi connectivity index (χ3n) is 6.63. The van der Waals surface area contributed by atoms with Gasteiger partial charge in [-0.05, 0) is 30.5 Å².